The van der Waals surface area contributed by atoms with Crippen molar-refractivity contribution in [2.24, 2.45) is 0 Å². The van der Waals surface area contributed by atoms with E-state index in [1.165, 1.54) is 6.08 Å². The van der Waals surface area contributed by atoms with Gasteiger partial charge in [0.15, 0.2) is 17.3 Å². The number of phenols is 1. The molecule has 0 saturated carbocycles. The van der Waals surface area contributed by atoms with Gasteiger partial charge >= 0.3 is 0 Å². The van der Waals surface area contributed by atoms with E-state index in [4.69, 9.17) is 9.47 Å². The fourth-order valence-electron chi connectivity index (χ4n) is 2.36. The largest absolute Gasteiger partial charge is 0.502 e. The molecule has 2 rings (SSSR count). The second-order valence-electron chi connectivity index (χ2n) is 5.20. The van der Waals surface area contributed by atoms with Gasteiger partial charge in [0.25, 0.3) is 0 Å². The van der Waals surface area contributed by atoms with E-state index < -0.39 is 0 Å². The van der Waals surface area contributed by atoms with Gasteiger partial charge in [-0.15, -0.1) is 0 Å². The first-order chi connectivity index (χ1) is 11.6. The molecule has 24 heavy (non-hydrogen) atoms. The molecule has 0 atom stereocenters. The van der Waals surface area contributed by atoms with E-state index in [9.17, 15) is 9.90 Å². The number of rotatable bonds is 7. The van der Waals surface area contributed by atoms with Gasteiger partial charge < -0.3 is 14.6 Å². The minimum atomic E-state index is -0.0843. The number of ketones is 1. The molecule has 2 aromatic rings. The summed E-state index contributed by atoms with van der Waals surface area (Å²) in [5, 5.41) is 10.3. The van der Waals surface area contributed by atoms with Gasteiger partial charge in [-0.1, -0.05) is 36.4 Å². The molecule has 0 unspecified atom stereocenters. The van der Waals surface area contributed by atoms with Gasteiger partial charge in [0.05, 0.1) is 13.2 Å². The van der Waals surface area contributed by atoms with Crippen LogP contribution in [0.15, 0.2) is 42.5 Å². The number of hydrogen-bond acceptors (Lipinski definition) is 4. The zero-order chi connectivity index (χ0) is 17.5. The fourth-order valence-corrected chi connectivity index (χ4v) is 2.36. The minimum absolute atomic E-state index is 0.0114. The van der Waals surface area contributed by atoms with Crippen molar-refractivity contribution >= 4 is 11.9 Å². The fraction of sp³-hybridized carbons (Fsp3) is 0.250. The van der Waals surface area contributed by atoms with E-state index in [0.717, 1.165) is 11.1 Å². The third-order valence-electron chi connectivity index (χ3n) is 3.57. The van der Waals surface area contributed by atoms with Crippen molar-refractivity contribution in [3.8, 4) is 17.2 Å². The molecule has 1 N–H and O–H groups in total. The molecule has 0 aromatic heterocycles. The van der Waals surface area contributed by atoms with E-state index >= 15 is 0 Å². The van der Waals surface area contributed by atoms with Crippen molar-refractivity contribution in [1.29, 1.82) is 0 Å². The molecule has 4 heteroatoms. The molecular weight excluding hydrogens is 304 g/mol. The number of hydrogen-bond donors (Lipinski definition) is 1. The highest BCUT2D eigenvalue weighted by Gasteiger charge is 2.16. The van der Waals surface area contributed by atoms with Crippen LogP contribution in [0.5, 0.6) is 17.2 Å². The maximum Gasteiger partial charge on any atom is 0.201 e. The highest BCUT2D eigenvalue weighted by molar-refractivity contribution is 6.06. The predicted octanol–water partition coefficient (Wildman–Crippen LogP) is 4.39. The highest BCUT2D eigenvalue weighted by atomic mass is 16.5. The van der Waals surface area contributed by atoms with Crippen LogP contribution in [0.3, 0.4) is 0 Å². The first kappa shape index (κ1) is 17.6. The Kier molecular flexibility index (Phi) is 6.01. The van der Waals surface area contributed by atoms with Gasteiger partial charge in [0.2, 0.25) is 5.75 Å². The maximum atomic E-state index is 12.2. The minimum Gasteiger partial charge on any atom is -0.502 e. The zero-order valence-electron chi connectivity index (χ0n) is 14.2. The second kappa shape index (κ2) is 8.20. The summed E-state index contributed by atoms with van der Waals surface area (Å²) in [5.74, 6) is 0.635. The molecule has 0 aliphatic rings. The number of carbonyl (C=O) groups excluding carboxylic acids is 1. The number of carbonyl (C=O) groups is 1. The van der Waals surface area contributed by atoms with Crippen molar-refractivity contribution in [3.63, 3.8) is 0 Å². The van der Waals surface area contributed by atoms with Crippen LogP contribution in [0.4, 0.5) is 0 Å². The summed E-state index contributed by atoms with van der Waals surface area (Å²) in [5.41, 5.74) is 2.15. The average Bonchev–Trinajstić information content (AvgIpc) is 2.60. The Labute approximate surface area is 142 Å². The van der Waals surface area contributed by atoms with Crippen LogP contribution >= 0.6 is 0 Å². The van der Waals surface area contributed by atoms with E-state index in [1.807, 2.05) is 39.0 Å². The Hall–Kier alpha value is -2.75. The van der Waals surface area contributed by atoms with Crippen LogP contribution in [-0.2, 0) is 0 Å². The van der Waals surface area contributed by atoms with Gasteiger partial charge in [0.1, 0.15) is 0 Å². The van der Waals surface area contributed by atoms with Crippen LogP contribution in [0, 0.1) is 6.92 Å². The molecule has 0 saturated heterocycles. The smallest absolute Gasteiger partial charge is 0.201 e. The molecule has 0 aliphatic heterocycles. The third-order valence-corrected chi connectivity index (χ3v) is 3.57. The monoisotopic (exact) mass is 326 g/mol. The third kappa shape index (κ3) is 3.96. The van der Waals surface area contributed by atoms with E-state index in [2.05, 4.69) is 0 Å². The van der Waals surface area contributed by atoms with Crippen LogP contribution in [0.2, 0.25) is 0 Å². The lowest BCUT2D eigenvalue weighted by molar-refractivity contribution is 0.104. The summed E-state index contributed by atoms with van der Waals surface area (Å²) in [4.78, 5) is 12.2. The van der Waals surface area contributed by atoms with Gasteiger partial charge in [-0.05, 0) is 38.5 Å². The molecule has 0 fully saturated rings. The standard InChI is InChI=1S/C20H22O4/c1-4-23-18-13-16(14(3)20(19(18)22)24-5-2)11-12-17(21)15-9-7-6-8-10-15/h6-13,22H,4-5H2,1-3H3. The number of aromatic hydroxyl groups is 1. The summed E-state index contributed by atoms with van der Waals surface area (Å²) in [6.07, 6.45) is 3.23. The summed E-state index contributed by atoms with van der Waals surface area (Å²) >= 11 is 0. The Morgan fingerprint density at radius 3 is 2.42 bits per heavy atom. The Morgan fingerprint density at radius 2 is 1.79 bits per heavy atom. The summed E-state index contributed by atoms with van der Waals surface area (Å²) in [6, 6.07) is 10.8. The van der Waals surface area contributed by atoms with Crippen molar-refractivity contribution < 1.29 is 19.4 Å². The first-order valence-corrected chi connectivity index (χ1v) is 7.98. The normalized spacial score (nSPS) is 10.8. The molecule has 0 spiro atoms. The lowest BCUT2D eigenvalue weighted by Gasteiger charge is -2.15. The zero-order valence-corrected chi connectivity index (χ0v) is 14.2. The van der Waals surface area contributed by atoms with Crippen molar-refractivity contribution in [2.45, 2.75) is 20.8 Å². The molecule has 0 aliphatic carbocycles. The maximum absolute atomic E-state index is 12.2. The van der Waals surface area contributed by atoms with Crippen molar-refractivity contribution in [2.75, 3.05) is 13.2 Å². The van der Waals surface area contributed by atoms with Crippen molar-refractivity contribution in [3.05, 3.63) is 59.2 Å². The predicted molar refractivity (Wildman–Crippen MR) is 95.0 cm³/mol. The number of allylic oxidation sites excluding steroid dienone is 1. The Morgan fingerprint density at radius 1 is 1.12 bits per heavy atom. The van der Waals surface area contributed by atoms with E-state index in [1.54, 1.807) is 24.3 Å². The molecule has 2 aromatic carbocycles. The lowest BCUT2D eigenvalue weighted by atomic mass is 10.0. The molecule has 0 amide bonds. The number of benzene rings is 2. The van der Waals surface area contributed by atoms with Crippen LogP contribution in [0.1, 0.15) is 35.3 Å². The van der Waals surface area contributed by atoms with Gasteiger partial charge in [0, 0.05) is 11.1 Å². The molecule has 126 valence electrons. The SMILES string of the molecule is CCOc1cc(C=CC(=O)c2ccccc2)c(C)c(OCC)c1O. The second-order valence-corrected chi connectivity index (χ2v) is 5.20. The van der Waals surface area contributed by atoms with Crippen LogP contribution in [-0.4, -0.2) is 24.1 Å². The Balaban J connectivity index is 2.38. The average molecular weight is 326 g/mol. The molecule has 4 nitrogen and oxygen atoms in total. The quantitative estimate of drug-likeness (QED) is 0.605. The van der Waals surface area contributed by atoms with Gasteiger partial charge in [-0.25, -0.2) is 0 Å². The van der Waals surface area contributed by atoms with Gasteiger partial charge in [-0.3, -0.25) is 4.79 Å². The van der Waals surface area contributed by atoms with Crippen LogP contribution < -0.4 is 9.47 Å². The molecule has 0 bridgehead atoms. The molecule has 0 heterocycles. The summed E-state index contributed by atoms with van der Waals surface area (Å²) in [7, 11) is 0. The molecule has 0 radical (unpaired) electrons. The number of ether oxygens (including phenoxy) is 2. The van der Waals surface area contributed by atoms with E-state index in [0.29, 0.717) is 30.3 Å². The van der Waals surface area contributed by atoms with Crippen LogP contribution in [0.25, 0.3) is 6.08 Å². The topological polar surface area (TPSA) is 55.8 Å². The van der Waals surface area contributed by atoms with Crippen molar-refractivity contribution in [1.82, 2.24) is 0 Å². The van der Waals surface area contributed by atoms with Gasteiger partial charge in [-0.2, -0.15) is 0 Å². The Bertz CT molecular complexity index is 733. The number of phenolic OH excluding ortho intramolecular Hbond substituents is 1. The summed E-state index contributed by atoms with van der Waals surface area (Å²) in [6.45, 7) is 6.38. The van der Waals surface area contributed by atoms with E-state index in [-0.39, 0.29) is 11.5 Å². The first-order valence-electron chi connectivity index (χ1n) is 7.98. The lowest BCUT2D eigenvalue weighted by Crippen LogP contribution is -2.00. The molecular formula is C20H22O4. The summed E-state index contributed by atoms with van der Waals surface area (Å²) < 4.78 is 11.0. The highest BCUT2D eigenvalue weighted by Crippen LogP contribution is 2.41.